The first-order valence-electron chi connectivity index (χ1n) is 6.16. The molecule has 1 aromatic heterocycles. The Balaban J connectivity index is 2.24. The van der Waals surface area contributed by atoms with Gasteiger partial charge in [0, 0.05) is 10.1 Å². The number of hydrogen-bond acceptors (Lipinski definition) is 2. The second-order valence-corrected chi connectivity index (χ2v) is 5.72. The summed E-state index contributed by atoms with van der Waals surface area (Å²) >= 11 is 1.57. The third-order valence-corrected chi connectivity index (χ3v) is 4.65. The molecule has 19 heavy (non-hydrogen) atoms. The van der Waals surface area contributed by atoms with E-state index in [0.717, 1.165) is 16.5 Å². The van der Waals surface area contributed by atoms with Gasteiger partial charge in [-0.1, -0.05) is 48.5 Å². The van der Waals surface area contributed by atoms with E-state index in [1.54, 1.807) is 11.3 Å². The first kappa shape index (κ1) is 10.7. The fourth-order valence-corrected chi connectivity index (χ4v) is 3.67. The molecule has 0 fully saturated rings. The molecule has 0 spiro atoms. The number of carbonyl (C=O) groups is 1. The van der Waals surface area contributed by atoms with Crippen molar-refractivity contribution in [2.24, 2.45) is 0 Å². The van der Waals surface area contributed by atoms with Crippen molar-refractivity contribution in [3.8, 4) is 0 Å². The van der Waals surface area contributed by atoms with Crippen molar-refractivity contribution in [3.63, 3.8) is 0 Å². The van der Waals surface area contributed by atoms with E-state index >= 15 is 0 Å². The molecule has 0 unspecified atom stereocenters. The molecule has 2 heteroatoms. The Morgan fingerprint density at radius 3 is 2.47 bits per heavy atom. The van der Waals surface area contributed by atoms with E-state index in [1.165, 1.54) is 26.2 Å². The second-order valence-electron chi connectivity index (χ2n) is 4.63. The normalized spacial score (nSPS) is 11.4. The van der Waals surface area contributed by atoms with E-state index in [2.05, 4.69) is 48.5 Å². The zero-order valence-corrected chi connectivity index (χ0v) is 10.9. The van der Waals surface area contributed by atoms with Crippen molar-refractivity contribution in [2.45, 2.75) is 0 Å². The van der Waals surface area contributed by atoms with E-state index in [4.69, 9.17) is 0 Å². The van der Waals surface area contributed by atoms with Gasteiger partial charge in [-0.15, -0.1) is 11.3 Å². The van der Waals surface area contributed by atoms with Crippen LogP contribution in [0.1, 0.15) is 9.67 Å². The van der Waals surface area contributed by atoms with Gasteiger partial charge in [0.15, 0.2) is 6.29 Å². The lowest BCUT2D eigenvalue weighted by atomic mass is 10.0. The fraction of sp³-hybridized carbons (Fsp3) is 0. The van der Waals surface area contributed by atoms with Gasteiger partial charge >= 0.3 is 0 Å². The van der Waals surface area contributed by atoms with E-state index in [9.17, 15) is 4.79 Å². The van der Waals surface area contributed by atoms with E-state index in [-0.39, 0.29) is 0 Å². The molecule has 0 radical (unpaired) electrons. The van der Waals surface area contributed by atoms with E-state index in [0.29, 0.717) is 0 Å². The number of benzene rings is 3. The number of hydrogen-bond donors (Lipinski definition) is 0. The van der Waals surface area contributed by atoms with Crippen molar-refractivity contribution >= 4 is 49.3 Å². The summed E-state index contributed by atoms with van der Waals surface area (Å²) in [5.41, 5.74) is 0. The summed E-state index contributed by atoms with van der Waals surface area (Å²) < 4.78 is 1.20. The molecule has 0 saturated heterocycles. The third kappa shape index (κ3) is 1.50. The van der Waals surface area contributed by atoms with E-state index < -0.39 is 0 Å². The summed E-state index contributed by atoms with van der Waals surface area (Å²) in [7, 11) is 0. The number of thiophene rings is 1. The highest BCUT2D eigenvalue weighted by atomic mass is 32.1. The Morgan fingerprint density at radius 1 is 0.789 bits per heavy atom. The zero-order chi connectivity index (χ0) is 12.8. The zero-order valence-electron chi connectivity index (χ0n) is 10.1. The standard InChI is InChI=1S/C17H10OS/c18-10-13-9-12-6-7-15-14-4-2-1-3-11(14)5-8-16(15)17(12)19-13/h1-10H. The summed E-state index contributed by atoms with van der Waals surface area (Å²) in [6, 6.07) is 18.9. The van der Waals surface area contributed by atoms with Gasteiger partial charge in [0.05, 0.1) is 4.88 Å². The predicted octanol–water partition coefficient (Wildman–Crippen LogP) is 5.02. The molecule has 4 aromatic rings. The Labute approximate surface area is 114 Å². The summed E-state index contributed by atoms with van der Waals surface area (Å²) in [4.78, 5) is 11.7. The SMILES string of the molecule is O=Cc1cc2ccc3c4ccccc4ccc3c2s1. The maximum atomic E-state index is 10.9. The van der Waals surface area contributed by atoms with Crippen LogP contribution < -0.4 is 0 Å². The molecule has 1 nitrogen and oxygen atoms in total. The van der Waals surface area contributed by atoms with Crippen LogP contribution in [0.4, 0.5) is 0 Å². The number of rotatable bonds is 1. The van der Waals surface area contributed by atoms with Crippen molar-refractivity contribution < 1.29 is 4.79 Å². The Morgan fingerprint density at radius 2 is 1.58 bits per heavy atom. The van der Waals surface area contributed by atoms with Crippen LogP contribution in [0, 0.1) is 0 Å². The molecule has 0 amide bonds. The quantitative estimate of drug-likeness (QED) is 0.348. The summed E-state index contributed by atoms with van der Waals surface area (Å²) in [6.45, 7) is 0. The molecule has 90 valence electrons. The molecular weight excluding hydrogens is 252 g/mol. The molecular formula is C17H10OS. The van der Waals surface area contributed by atoms with Crippen molar-refractivity contribution in [1.82, 2.24) is 0 Å². The molecule has 0 bridgehead atoms. The van der Waals surface area contributed by atoms with Crippen LogP contribution >= 0.6 is 11.3 Å². The topological polar surface area (TPSA) is 17.1 Å². The molecule has 0 aliphatic carbocycles. The molecule has 1 heterocycles. The summed E-state index contributed by atoms with van der Waals surface area (Å²) in [5.74, 6) is 0. The molecule has 4 rings (SSSR count). The van der Waals surface area contributed by atoms with Crippen LogP contribution in [0.2, 0.25) is 0 Å². The van der Waals surface area contributed by atoms with Crippen LogP contribution in [-0.4, -0.2) is 6.29 Å². The summed E-state index contributed by atoms with van der Waals surface area (Å²) in [5, 5.41) is 6.15. The molecule has 3 aromatic carbocycles. The minimum absolute atomic E-state index is 0.788. The minimum Gasteiger partial charge on any atom is -0.297 e. The predicted molar refractivity (Wildman–Crippen MR) is 82.2 cm³/mol. The minimum atomic E-state index is 0.788. The van der Waals surface area contributed by atoms with Gasteiger partial charge in [-0.05, 0) is 27.6 Å². The van der Waals surface area contributed by atoms with Gasteiger partial charge in [-0.2, -0.15) is 0 Å². The molecule has 0 aliphatic rings. The van der Waals surface area contributed by atoms with Gasteiger partial charge in [0.1, 0.15) is 0 Å². The third-order valence-electron chi connectivity index (χ3n) is 3.54. The van der Waals surface area contributed by atoms with Crippen LogP contribution in [0.25, 0.3) is 31.6 Å². The lowest BCUT2D eigenvalue weighted by Crippen LogP contribution is -1.77. The maximum Gasteiger partial charge on any atom is 0.160 e. The maximum absolute atomic E-state index is 10.9. The number of carbonyl (C=O) groups excluding carboxylic acids is 1. The average molecular weight is 262 g/mol. The Hall–Kier alpha value is -2.19. The molecule has 0 saturated carbocycles. The van der Waals surface area contributed by atoms with Crippen molar-refractivity contribution in [2.75, 3.05) is 0 Å². The van der Waals surface area contributed by atoms with Crippen LogP contribution in [0.3, 0.4) is 0 Å². The molecule has 0 atom stereocenters. The lowest BCUT2D eigenvalue weighted by molar-refractivity contribution is 0.112. The number of fused-ring (bicyclic) bond motifs is 5. The molecule has 0 aliphatic heterocycles. The van der Waals surface area contributed by atoms with Gasteiger partial charge in [0.25, 0.3) is 0 Å². The van der Waals surface area contributed by atoms with Gasteiger partial charge in [0.2, 0.25) is 0 Å². The first-order chi connectivity index (χ1) is 9.36. The monoisotopic (exact) mass is 262 g/mol. The van der Waals surface area contributed by atoms with E-state index in [1.807, 2.05) is 6.07 Å². The number of aldehydes is 1. The second kappa shape index (κ2) is 3.90. The van der Waals surface area contributed by atoms with Crippen molar-refractivity contribution in [3.05, 3.63) is 59.5 Å². The molecule has 0 N–H and O–H groups in total. The Kier molecular flexibility index (Phi) is 2.20. The van der Waals surface area contributed by atoms with Crippen LogP contribution in [0.15, 0.2) is 54.6 Å². The Bertz CT molecular complexity index is 934. The smallest absolute Gasteiger partial charge is 0.160 e. The highest BCUT2D eigenvalue weighted by Crippen LogP contribution is 2.35. The van der Waals surface area contributed by atoms with Gasteiger partial charge in [-0.25, -0.2) is 0 Å². The fourth-order valence-electron chi connectivity index (χ4n) is 2.66. The first-order valence-corrected chi connectivity index (χ1v) is 6.98. The van der Waals surface area contributed by atoms with Crippen LogP contribution in [-0.2, 0) is 0 Å². The lowest BCUT2D eigenvalue weighted by Gasteiger charge is -2.04. The van der Waals surface area contributed by atoms with Gasteiger partial charge in [-0.3, -0.25) is 4.79 Å². The highest BCUT2D eigenvalue weighted by Gasteiger charge is 2.07. The average Bonchev–Trinajstić information content (AvgIpc) is 2.90. The van der Waals surface area contributed by atoms with Crippen LogP contribution in [0.5, 0.6) is 0 Å². The highest BCUT2D eigenvalue weighted by molar-refractivity contribution is 7.21. The van der Waals surface area contributed by atoms with Crippen molar-refractivity contribution in [1.29, 1.82) is 0 Å². The summed E-state index contributed by atoms with van der Waals surface area (Å²) in [6.07, 6.45) is 0.928. The largest absolute Gasteiger partial charge is 0.297 e. The van der Waals surface area contributed by atoms with Gasteiger partial charge < -0.3 is 0 Å².